The number of nitrogens with zero attached hydrogens (tertiary/aromatic N) is 5. The highest BCUT2D eigenvalue weighted by atomic mass is 16.5. The third-order valence-corrected chi connectivity index (χ3v) is 6.17. The van der Waals surface area contributed by atoms with E-state index in [1.807, 2.05) is 55.1 Å². The van der Waals surface area contributed by atoms with Crippen molar-refractivity contribution in [3.05, 3.63) is 70.8 Å². The summed E-state index contributed by atoms with van der Waals surface area (Å²) in [4.78, 5) is 32.5. The zero-order chi connectivity index (χ0) is 26.2. The summed E-state index contributed by atoms with van der Waals surface area (Å²) in [6, 6.07) is 10.8. The predicted molar refractivity (Wildman–Crippen MR) is 139 cm³/mol. The summed E-state index contributed by atoms with van der Waals surface area (Å²) in [5, 5.41) is 14.4. The molecule has 1 aliphatic heterocycles. The lowest BCUT2D eigenvalue weighted by Gasteiger charge is -2.21. The Labute approximate surface area is 217 Å². The van der Waals surface area contributed by atoms with Gasteiger partial charge in [0.15, 0.2) is 0 Å². The molecule has 2 amide bonds. The number of fused-ring (bicyclic) bond motifs is 3. The van der Waals surface area contributed by atoms with Crippen LogP contribution in [0.5, 0.6) is 5.75 Å². The van der Waals surface area contributed by atoms with Crippen LogP contribution in [0, 0.1) is 13.8 Å². The molecule has 10 nitrogen and oxygen atoms in total. The van der Waals surface area contributed by atoms with Crippen molar-refractivity contribution >= 4 is 11.8 Å². The molecule has 3 heterocycles. The number of aryl methyl sites for hydroxylation is 3. The van der Waals surface area contributed by atoms with Crippen LogP contribution in [0.15, 0.2) is 42.6 Å². The van der Waals surface area contributed by atoms with E-state index < -0.39 is 6.04 Å². The molecular weight excluding hydrogens is 470 g/mol. The first-order chi connectivity index (χ1) is 17.9. The second-order valence-electron chi connectivity index (χ2n) is 9.50. The molecule has 0 saturated heterocycles. The third kappa shape index (κ3) is 7.60. The number of hydrogen-bond donors (Lipinski definition) is 2. The van der Waals surface area contributed by atoms with Gasteiger partial charge in [-0.2, -0.15) is 0 Å². The number of pyridine rings is 1. The predicted octanol–water partition coefficient (Wildman–Crippen LogP) is 2.40. The van der Waals surface area contributed by atoms with E-state index in [4.69, 9.17) is 4.74 Å². The number of benzene rings is 1. The number of nitrogens with one attached hydrogen (secondary N) is 2. The first-order valence-corrected chi connectivity index (χ1v) is 12.7. The zero-order valence-electron chi connectivity index (χ0n) is 21.7. The summed E-state index contributed by atoms with van der Waals surface area (Å²) in [7, 11) is 0. The van der Waals surface area contributed by atoms with E-state index in [0.29, 0.717) is 50.5 Å². The lowest BCUT2D eigenvalue weighted by atomic mass is 10.1. The van der Waals surface area contributed by atoms with Crippen molar-refractivity contribution in [2.24, 2.45) is 0 Å². The van der Waals surface area contributed by atoms with Gasteiger partial charge in [-0.15, -0.1) is 5.10 Å². The van der Waals surface area contributed by atoms with Gasteiger partial charge in [0, 0.05) is 51.0 Å². The van der Waals surface area contributed by atoms with Crippen molar-refractivity contribution in [1.29, 1.82) is 0 Å². The Hall–Kier alpha value is -3.79. The Morgan fingerprint density at radius 1 is 1.11 bits per heavy atom. The van der Waals surface area contributed by atoms with Crippen LogP contribution in [-0.4, -0.2) is 62.4 Å². The molecule has 10 heteroatoms. The summed E-state index contributed by atoms with van der Waals surface area (Å²) in [5.41, 5.74) is 4.23. The minimum absolute atomic E-state index is 0.226. The van der Waals surface area contributed by atoms with Crippen molar-refractivity contribution in [3.8, 4) is 5.75 Å². The van der Waals surface area contributed by atoms with Gasteiger partial charge >= 0.3 is 0 Å². The zero-order valence-corrected chi connectivity index (χ0v) is 21.7. The van der Waals surface area contributed by atoms with Crippen LogP contribution in [0.25, 0.3) is 0 Å². The number of rotatable bonds is 2. The van der Waals surface area contributed by atoms with Gasteiger partial charge in [0.05, 0.1) is 23.6 Å². The number of amides is 2. The molecule has 196 valence electrons. The van der Waals surface area contributed by atoms with Crippen molar-refractivity contribution in [3.63, 3.8) is 0 Å². The standard InChI is InChI=1S/C27H35N7O3/c1-19-9-10-24-25(15-19)37-14-6-13-34-18-23(31-32-34)17-33(16-22-8-4-7-20(2)29-22)12-5-11-28-26(35)21(3)30-27(24)36/h4,7-10,15,18,21H,5-6,11-14,16-17H2,1-3H3,(H,28,35)(H,30,36)/t21-/m1/s1. The largest absolute Gasteiger partial charge is 0.493 e. The van der Waals surface area contributed by atoms with Crippen molar-refractivity contribution in [2.45, 2.75) is 59.3 Å². The highest BCUT2D eigenvalue weighted by molar-refractivity contribution is 5.99. The van der Waals surface area contributed by atoms with Gasteiger partial charge in [-0.25, -0.2) is 0 Å². The molecule has 0 saturated carbocycles. The van der Waals surface area contributed by atoms with Crippen molar-refractivity contribution in [2.75, 3.05) is 19.7 Å². The molecule has 0 spiro atoms. The van der Waals surface area contributed by atoms with Gasteiger partial charge in [-0.1, -0.05) is 17.3 Å². The normalized spacial score (nSPS) is 18.4. The third-order valence-electron chi connectivity index (χ3n) is 6.17. The quantitative estimate of drug-likeness (QED) is 0.550. The molecular formula is C27H35N7O3. The van der Waals surface area contributed by atoms with E-state index >= 15 is 0 Å². The van der Waals surface area contributed by atoms with Gasteiger partial charge in [0.2, 0.25) is 5.91 Å². The summed E-state index contributed by atoms with van der Waals surface area (Å²) < 4.78 is 7.79. The highest BCUT2D eigenvalue weighted by Crippen LogP contribution is 2.21. The Kier molecular flexibility index (Phi) is 8.84. The minimum atomic E-state index is -0.676. The molecule has 1 aliphatic rings. The second kappa shape index (κ2) is 12.4. The topological polar surface area (TPSA) is 114 Å². The maximum Gasteiger partial charge on any atom is 0.255 e. The molecule has 1 atom stereocenters. The van der Waals surface area contributed by atoms with Gasteiger partial charge in [-0.3, -0.25) is 24.2 Å². The number of carbonyl (C=O) groups is 2. The fourth-order valence-electron chi connectivity index (χ4n) is 4.23. The van der Waals surface area contributed by atoms with Crippen LogP contribution in [-0.2, 0) is 24.4 Å². The summed E-state index contributed by atoms with van der Waals surface area (Å²) in [5.74, 6) is -0.0632. The van der Waals surface area contributed by atoms with E-state index in [9.17, 15) is 9.59 Å². The van der Waals surface area contributed by atoms with E-state index in [1.54, 1.807) is 13.0 Å². The smallest absolute Gasteiger partial charge is 0.255 e. The molecule has 0 radical (unpaired) electrons. The number of ether oxygens (including phenoxy) is 1. The lowest BCUT2D eigenvalue weighted by Crippen LogP contribution is -2.45. The average Bonchev–Trinajstić information content (AvgIpc) is 3.30. The maximum absolute atomic E-state index is 12.9. The van der Waals surface area contributed by atoms with Crippen LogP contribution in [0.1, 0.15) is 52.8 Å². The Bertz CT molecular complexity index is 1230. The second-order valence-corrected chi connectivity index (χ2v) is 9.50. The van der Waals surface area contributed by atoms with E-state index in [1.165, 1.54) is 0 Å². The number of aromatic nitrogens is 4. The maximum atomic E-state index is 12.9. The SMILES string of the molecule is Cc1ccc2c(c1)OCCCn1cc(nn1)CN(Cc1cccc(C)n1)CCCNC(=O)[C@@H](C)NC2=O. The molecule has 0 aliphatic carbocycles. The Balaban J connectivity index is 1.49. The van der Waals surface area contributed by atoms with E-state index in [0.717, 1.165) is 35.6 Å². The molecule has 2 bridgehead atoms. The van der Waals surface area contributed by atoms with E-state index in [2.05, 4.69) is 30.8 Å². The Morgan fingerprint density at radius 3 is 2.81 bits per heavy atom. The average molecular weight is 506 g/mol. The van der Waals surface area contributed by atoms with Crippen LogP contribution in [0.3, 0.4) is 0 Å². The summed E-state index contributed by atoms with van der Waals surface area (Å²) in [6.07, 6.45) is 3.40. The number of carbonyl (C=O) groups excluding carboxylic acids is 2. The molecule has 2 aromatic heterocycles. The van der Waals surface area contributed by atoms with Crippen LogP contribution in [0.4, 0.5) is 0 Å². The van der Waals surface area contributed by atoms with Crippen LogP contribution >= 0.6 is 0 Å². The molecule has 0 unspecified atom stereocenters. The molecule has 1 aromatic carbocycles. The van der Waals surface area contributed by atoms with Gasteiger partial charge in [-0.05, 0) is 57.0 Å². The molecule has 37 heavy (non-hydrogen) atoms. The highest BCUT2D eigenvalue weighted by Gasteiger charge is 2.20. The monoisotopic (exact) mass is 505 g/mol. The van der Waals surface area contributed by atoms with Crippen LogP contribution < -0.4 is 15.4 Å². The van der Waals surface area contributed by atoms with E-state index in [-0.39, 0.29) is 11.8 Å². The Morgan fingerprint density at radius 2 is 1.97 bits per heavy atom. The first-order valence-electron chi connectivity index (χ1n) is 12.7. The van der Waals surface area contributed by atoms with Crippen molar-refractivity contribution in [1.82, 2.24) is 35.5 Å². The first kappa shape index (κ1) is 26.3. The molecule has 2 N–H and O–H groups in total. The molecule has 0 fully saturated rings. The summed E-state index contributed by atoms with van der Waals surface area (Å²) in [6.45, 7) is 9.20. The molecule has 3 aromatic rings. The molecule has 4 rings (SSSR count). The minimum Gasteiger partial charge on any atom is -0.493 e. The fraction of sp³-hybridized carbons (Fsp3) is 0.444. The summed E-state index contributed by atoms with van der Waals surface area (Å²) >= 11 is 0. The van der Waals surface area contributed by atoms with Gasteiger partial charge in [0.25, 0.3) is 5.91 Å². The van der Waals surface area contributed by atoms with Gasteiger partial charge in [0.1, 0.15) is 11.8 Å². The number of hydrogen-bond acceptors (Lipinski definition) is 7. The lowest BCUT2D eigenvalue weighted by molar-refractivity contribution is -0.122. The van der Waals surface area contributed by atoms with Crippen molar-refractivity contribution < 1.29 is 14.3 Å². The fourth-order valence-corrected chi connectivity index (χ4v) is 4.23. The van der Waals surface area contributed by atoms with Gasteiger partial charge < -0.3 is 15.4 Å². The van der Waals surface area contributed by atoms with Crippen LogP contribution in [0.2, 0.25) is 0 Å².